The smallest absolute Gasteiger partial charge is 0.0478 e. The Morgan fingerprint density at radius 2 is 2.05 bits per heavy atom. The molecule has 2 atom stereocenters. The van der Waals surface area contributed by atoms with Crippen LogP contribution in [0.15, 0.2) is 12.1 Å². The summed E-state index contributed by atoms with van der Waals surface area (Å²) in [7, 11) is 2.26. The van der Waals surface area contributed by atoms with Crippen LogP contribution in [0.5, 0.6) is 0 Å². The van der Waals surface area contributed by atoms with Gasteiger partial charge in [0.1, 0.15) is 0 Å². The van der Waals surface area contributed by atoms with Crippen molar-refractivity contribution in [2.45, 2.75) is 51.5 Å². The molecule has 1 aromatic heterocycles. The van der Waals surface area contributed by atoms with Crippen LogP contribution in [0.1, 0.15) is 55.8 Å². The Kier molecular flexibility index (Phi) is 4.70. The summed E-state index contributed by atoms with van der Waals surface area (Å²) in [4.78, 5) is 5.50. The van der Waals surface area contributed by atoms with E-state index in [0.29, 0.717) is 12.0 Å². The highest BCUT2D eigenvalue weighted by atomic mass is 32.1. The van der Waals surface area contributed by atoms with Crippen molar-refractivity contribution in [3.63, 3.8) is 0 Å². The van der Waals surface area contributed by atoms with Crippen molar-refractivity contribution in [2.75, 3.05) is 20.1 Å². The molecule has 0 radical (unpaired) electrons. The van der Waals surface area contributed by atoms with Crippen LogP contribution in [-0.4, -0.2) is 25.0 Å². The predicted molar refractivity (Wildman–Crippen MR) is 84.8 cm³/mol. The van der Waals surface area contributed by atoms with Crippen molar-refractivity contribution in [1.82, 2.24) is 4.90 Å². The fraction of sp³-hybridized carbons (Fsp3) is 0.750. The van der Waals surface area contributed by atoms with E-state index in [1.165, 1.54) is 35.6 Å². The van der Waals surface area contributed by atoms with Crippen LogP contribution < -0.4 is 5.73 Å². The van der Waals surface area contributed by atoms with Crippen LogP contribution in [0.25, 0.3) is 0 Å². The third kappa shape index (κ3) is 3.39. The molecule has 1 aliphatic heterocycles. The van der Waals surface area contributed by atoms with E-state index in [1.54, 1.807) is 0 Å². The highest BCUT2D eigenvalue weighted by Gasteiger charge is 2.30. The molecular weight excluding hydrogens is 252 g/mol. The number of likely N-dealkylation sites (tertiary alicyclic amines) is 1. The second-order valence-electron chi connectivity index (χ2n) is 6.87. The molecule has 0 saturated carbocycles. The Bertz CT molecular complexity index is 405. The largest absolute Gasteiger partial charge is 0.330 e. The molecule has 2 N–H and O–H groups in total. The van der Waals surface area contributed by atoms with E-state index >= 15 is 0 Å². The molecule has 0 aromatic carbocycles. The third-order valence-corrected chi connectivity index (χ3v) is 5.80. The van der Waals surface area contributed by atoms with Crippen molar-refractivity contribution in [1.29, 1.82) is 0 Å². The number of hydrogen-bond donors (Lipinski definition) is 1. The minimum Gasteiger partial charge on any atom is -0.330 e. The summed E-state index contributed by atoms with van der Waals surface area (Å²) in [5, 5.41) is 0. The fourth-order valence-electron chi connectivity index (χ4n) is 3.04. The topological polar surface area (TPSA) is 29.3 Å². The third-order valence-electron chi connectivity index (χ3n) is 4.22. The molecule has 2 nitrogen and oxygen atoms in total. The number of nitrogens with two attached hydrogens (primary N) is 1. The highest BCUT2D eigenvalue weighted by molar-refractivity contribution is 7.12. The van der Waals surface area contributed by atoms with Gasteiger partial charge in [-0.15, -0.1) is 11.3 Å². The summed E-state index contributed by atoms with van der Waals surface area (Å²) in [5.41, 5.74) is 6.29. The molecule has 1 aromatic rings. The zero-order valence-electron chi connectivity index (χ0n) is 12.8. The molecule has 2 unspecified atom stereocenters. The van der Waals surface area contributed by atoms with Gasteiger partial charge >= 0.3 is 0 Å². The van der Waals surface area contributed by atoms with Crippen molar-refractivity contribution in [3.05, 3.63) is 21.9 Å². The summed E-state index contributed by atoms with van der Waals surface area (Å²) < 4.78 is 0. The molecule has 108 valence electrons. The van der Waals surface area contributed by atoms with Crippen LogP contribution in [0.3, 0.4) is 0 Å². The first-order valence-electron chi connectivity index (χ1n) is 7.44. The Morgan fingerprint density at radius 1 is 1.32 bits per heavy atom. The van der Waals surface area contributed by atoms with Gasteiger partial charge in [0.15, 0.2) is 0 Å². The van der Waals surface area contributed by atoms with Crippen LogP contribution >= 0.6 is 11.3 Å². The maximum absolute atomic E-state index is 6.03. The Balaban J connectivity index is 2.28. The van der Waals surface area contributed by atoms with Gasteiger partial charge in [-0.3, -0.25) is 4.90 Å². The van der Waals surface area contributed by atoms with E-state index in [2.05, 4.69) is 44.9 Å². The molecular formula is C16H28N2S. The summed E-state index contributed by atoms with van der Waals surface area (Å²) in [6.45, 7) is 8.88. The fourth-order valence-corrected chi connectivity index (χ4v) is 4.36. The van der Waals surface area contributed by atoms with Crippen molar-refractivity contribution in [3.8, 4) is 0 Å². The van der Waals surface area contributed by atoms with E-state index in [0.717, 1.165) is 6.54 Å². The lowest BCUT2D eigenvalue weighted by atomic mass is 9.93. The Labute approximate surface area is 122 Å². The van der Waals surface area contributed by atoms with Crippen molar-refractivity contribution >= 4 is 11.3 Å². The van der Waals surface area contributed by atoms with Gasteiger partial charge in [-0.05, 0) is 56.4 Å². The van der Waals surface area contributed by atoms with Gasteiger partial charge in [-0.25, -0.2) is 0 Å². The van der Waals surface area contributed by atoms with E-state index in [1.807, 2.05) is 11.3 Å². The highest BCUT2D eigenvalue weighted by Crippen LogP contribution is 2.39. The van der Waals surface area contributed by atoms with Gasteiger partial charge < -0.3 is 5.73 Å². The van der Waals surface area contributed by atoms with E-state index in [9.17, 15) is 0 Å². The first-order chi connectivity index (χ1) is 8.93. The van der Waals surface area contributed by atoms with Gasteiger partial charge in [-0.1, -0.05) is 27.2 Å². The lowest BCUT2D eigenvalue weighted by Gasteiger charge is -2.31. The van der Waals surface area contributed by atoms with E-state index in [-0.39, 0.29) is 5.41 Å². The van der Waals surface area contributed by atoms with Crippen LogP contribution in [0.2, 0.25) is 0 Å². The van der Waals surface area contributed by atoms with Gasteiger partial charge in [0.25, 0.3) is 0 Å². The normalized spacial score (nSPS) is 26.4. The molecule has 0 bridgehead atoms. The van der Waals surface area contributed by atoms with E-state index in [4.69, 9.17) is 5.73 Å². The maximum Gasteiger partial charge on any atom is 0.0478 e. The first-order valence-corrected chi connectivity index (χ1v) is 8.25. The first kappa shape index (κ1) is 15.0. The number of thiophene rings is 1. The summed E-state index contributed by atoms with van der Waals surface area (Å²) >= 11 is 1.98. The zero-order valence-corrected chi connectivity index (χ0v) is 13.6. The molecule has 2 rings (SSSR count). The molecule has 3 heteroatoms. The SMILES string of the molecule is CN1CCCCC(CN)C1c1ccc(C(C)(C)C)s1. The molecule has 0 amide bonds. The van der Waals surface area contributed by atoms with Crippen molar-refractivity contribution < 1.29 is 0 Å². The summed E-state index contributed by atoms with van der Waals surface area (Å²) in [5.74, 6) is 0.610. The minimum atomic E-state index is 0.254. The molecule has 0 aliphatic carbocycles. The average Bonchev–Trinajstić information content (AvgIpc) is 2.74. The van der Waals surface area contributed by atoms with Crippen LogP contribution in [0, 0.1) is 5.92 Å². The number of hydrogen-bond acceptors (Lipinski definition) is 3. The molecule has 1 fully saturated rings. The van der Waals surface area contributed by atoms with Gasteiger partial charge in [0.05, 0.1) is 0 Å². The second kappa shape index (κ2) is 5.94. The van der Waals surface area contributed by atoms with Crippen molar-refractivity contribution in [2.24, 2.45) is 11.7 Å². The van der Waals surface area contributed by atoms with Gasteiger partial charge in [0.2, 0.25) is 0 Å². The second-order valence-corrected chi connectivity index (χ2v) is 7.98. The maximum atomic E-state index is 6.03. The lowest BCUT2D eigenvalue weighted by molar-refractivity contribution is 0.199. The molecule has 0 spiro atoms. The molecule has 1 aliphatic rings. The molecule has 1 saturated heterocycles. The minimum absolute atomic E-state index is 0.254. The quantitative estimate of drug-likeness (QED) is 0.893. The zero-order chi connectivity index (χ0) is 14.0. The lowest BCUT2D eigenvalue weighted by Crippen LogP contribution is -2.32. The summed E-state index contributed by atoms with van der Waals surface area (Å²) in [6.07, 6.45) is 3.90. The van der Waals surface area contributed by atoms with Crippen LogP contribution in [0.4, 0.5) is 0 Å². The van der Waals surface area contributed by atoms with Gasteiger partial charge in [-0.2, -0.15) is 0 Å². The van der Waals surface area contributed by atoms with E-state index < -0.39 is 0 Å². The predicted octanol–water partition coefficient (Wildman–Crippen LogP) is 3.78. The Morgan fingerprint density at radius 3 is 2.63 bits per heavy atom. The molecule has 19 heavy (non-hydrogen) atoms. The summed E-state index contributed by atoms with van der Waals surface area (Å²) in [6, 6.07) is 5.17. The number of rotatable bonds is 2. The average molecular weight is 280 g/mol. The standard InChI is InChI=1S/C16H28N2S/c1-16(2,3)14-9-8-13(19-14)15-12(11-17)7-5-6-10-18(15)4/h8-9,12,15H,5-7,10-11,17H2,1-4H3. The number of nitrogens with zero attached hydrogens (tertiary/aromatic N) is 1. The van der Waals surface area contributed by atoms with Crippen LogP contribution in [-0.2, 0) is 5.41 Å². The molecule has 2 heterocycles. The Hall–Kier alpha value is -0.380. The monoisotopic (exact) mass is 280 g/mol. The van der Waals surface area contributed by atoms with Gasteiger partial charge in [0, 0.05) is 15.8 Å².